The highest BCUT2D eigenvalue weighted by atomic mass is 32.2. The van der Waals surface area contributed by atoms with Crippen LogP contribution in [0.15, 0.2) is 24.4 Å². The van der Waals surface area contributed by atoms with Gasteiger partial charge >= 0.3 is 0 Å². The SMILES string of the molecule is CC(NS(=O)(=O)C1CC1)c1c[nH]c2cc(C3CCOCC3)ccc12. The summed E-state index contributed by atoms with van der Waals surface area (Å²) in [5, 5.41) is 0.905. The quantitative estimate of drug-likeness (QED) is 0.871. The number of benzene rings is 1. The number of nitrogens with one attached hydrogen (secondary N) is 2. The van der Waals surface area contributed by atoms with Gasteiger partial charge in [0.2, 0.25) is 10.0 Å². The van der Waals surface area contributed by atoms with E-state index < -0.39 is 10.0 Å². The van der Waals surface area contributed by atoms with Crippen LogP contribution in [0.2, 0.25) is 0 Å². The fraction of sp³-hybridized carbons (Fsp3) is 0.556. The summed E-state index contributed by atoms with van der Waals surface area (Å²) in [7, 11) is -3.18. The minimum atomic E-state index is -3.18. The number of aromatic nitrogens is 1. The number of H-pyrrole nitrogens is 1. The average Bonchev–Trinajstić information content (AvgIpc) is 3.35. The minimum absolute atomic E-state index is 0.190. The van der Waals surface area contributed by atoms with E-state index in [2.05, 4.69) is 27.9 Å². The van der Waals surface area contributed by atoms with Crippen molar-refractivity contribution in [2.24, 2.45) is 0 Å². The lowest BCUT2D eigenvalue weighted by Crippen LogP contribution is -2.29. The van der Waals surface area contributed by atoms with Gasteiger partial charge in [0.25, 0.3) is 0 Å². The second kappa shape index (κ2) is 6.17. The molecule has 6 heteroatoms. The molecular formula is C18H24N2O3S. The lowest BCUT2D eigenvalue weighted by atomic mass is 9.91. The summed E-state index contributed by atoms with van der Waals surface area (Å²) in [4.78, 5) is 3.31. The van der Waals surface area contributed by atoms with E-state index in [-0.39, 0.29) is 11.3 Å². The zero-order valence-corrected chi connectivity index (χ0v) is 14.7. The van der Waals surface area contributed by atoms with Crippen LogP contribution < -0.4 is 4.72 Å². The van der Waals surface area contributed by atoms with Gasteiger partial charge in [-0.1, -0.05) is 12.1 Å². The number of hydrogen-bond acceptors (Lipinski definition) is 3. The maximum absolute atomic E-state index is 12.2. The first-order chi connectivity index (χ1) is 11.5. The molecule has 0 radical (unpaired) electrons. The Morgan fingerprint density at radius 3 is 2.67 bits per heavy atom. The molecule has 130 valence electrons. The fourth-order valence-electron chi connectivity index (χ4n) is 3.59. The van der Waals surface area contributed by atoms with E-state index >= 15 is 0 Å². The molecular weight excluding hydrogens is 324 g/mol. The zero-order chi connectivity index (χ0) is 16.7. The Labute approximate surface area is 142 Å². The molecule has 1 atom stereocenters. The molecule has 1 aromatic heterocycles. The monoisotopic (exact) mass is 348 g/mol. The van der Waals surface area contributed by atoms with Crippen molar-refractivity contribution in [1.82, 2.24) is 9.71 Å². The van der Waals surface area contributed by atoms with Crippen LogP contribution in [-0.2, 0) is 14.8 Å². The Kier molecular flexibility index (Phi) is 4.14. The Hall–Kier alpha value is -1.37. The predicted octanol–water partition coefficient (Wildman–Crippen LogP) is 3.20. The van der Waals surface area contributed by atoms with Gasteiger partial charge < -0.3 is 9.72 Å². The zero-order valence-electron chi connectivity index (χ0n) is 13.9. The van der Waals surface area contributed by atoms with Crippen molar-refractivity contribution in [2.75, 3.05) is 13.2 Å². The van der Waals surface area contributed by atoms with Gasteiger partial charge in [0, 0.05) is 36.4 Å². The number of hydrogen-bond donors (Lipinski definition) is 2. The first-order valence-electron chi connectivity index (χ1n) is 8.74. The first-order valence-corrected chi connectivity index (χ1v) is 10.3. The van der Waals surface area contributed by atoms with Crippen LogP contribution in [0, 0.1) is 0 Å². The van der Waals surface area contributed by atoms with Gasteiger partial charge in [0.05, 0.1) is 5.25 Å². The smallest absolute Gasteiger partial charge is 0.215 e. The predicted molar refractivity (Wildman–Crippen MR) is 94.6 cm³/mol. The van der Waals surface area contributed by atoms with Gasteiger partial charge in [-0.3, -0.25) is 0 Å². The number of rotatable bonds is 5. The van der Waals surface area contributed by atoms with E-state index in [1.165, 1.54) is 5.56 Å². The summed E-state index contributed by atoms with van der Waals surface area (Å²) in [6.07, 6.45) is 5.63. The summed E-state index contributed by atoms with van der Waals surface area (Å²) in [6, 6.07) is 6.28. The minimum Gasteiger partial charge on any atom is -0.381 e. The molecule has 1 aliphatic heterocycles. The van der Waals surface area contributed by atoms with E-state index in [0.717, 1.165) is 55.4 Å². The average molecular weight is 348 g/mol. The van der Waals surface area contributed by atoms with E-state index in [4.69, 9.17) is 4.74 Å². The third-order valence-corrected chi connectivity index (χ3v) is 7.23. The number of aromatic amines is 1. The normalized spacial score (nSPS) is 21.2. The van der Waals surface area contributed by atoms with Gasteiger partial charge in [-0.05, 0) is 55.7 Å². The van der Waals surface area contributed by atoms with Crippen molar-refractivity contribution in [2.45, 2.75) is 49.8 Å². The van der Waals surface area contributed by atoms with E-state index in [9.17, 15) is 8.42 Å². The number of fused-ring (bicyclic) bond motifs is 1. The molecule has 0 amide bonds. The standard InChI is InChI=1S/C18H24N2O3S/c1-12(20-24(21,22)15-3-4-15)17-11-19-18-10-14(2-5-16(17)18)13-6-8-23-9-7-13/h2,5,10-13,15,19-20H,3-4,6-9H2,1H3. The Morgan fingerprint density at radius 2 is 1.96 bits per heavy atom. The van der Waals surface area contributed by atoms with Crippen molar-refractivity contribution >= 4 is 20.9 Å². The summed E-state index contributed by atoms with van der Waals surface area (Å²) in [5.41, 5.74) is 3.42. The van der Waals surface area contributed by atoms with Crippen molar-refractivity contribution < 1.29 is 13.2 Å². The van der Waals surface area contributed by atoms with Crippen LogP contribution in [-0.4, -0.2) is 31.9 Å². The molecule has 1 saturated heterocycles. The van der Waals surface area contributed by atoms with Gasteiger partial charge in [-0.15, -0.1) is 0 Å². The molecule has 1 saturated carbocycles. The van der Waals surface area contributed by atoms with E-state index in [0.29, 0.717) is 5.92 Å². The number of ether oxygens (including phenoxy) is 1. The van der Waals surface area contributed by atoms with Crippen LogP contribution in [0.5, 0.6) is 0 Å². The first kappa shape index (κ1) is 16.1. The van der Waals surface area contributed by atoms with Crippen LogP contribution in [0.25, 0.3) is 10.9 Å². The van der Waals surface area contributed by atoms with Crippen molar-refractivity contribution in [3.05, 3.63) is 35.5 Å². The highest BCUT2D eigenvalue weighted by Crippen LogP contribution is 2.33. The molecule has 2 fully saturated rings. The summed E-state index contributed by atoms with van der Waals surface area (Å²) in [5.74, 6) is 0.556. The summed E-state index contributed by atoms with van der Waals surface area (Å²) < 4.78 is 32.6. The van der Waals surface area contributed by atoms with Gasteiger partial charge in [-0.2, -0.15) is 0 Å². The number of sulfonamides is 1. The van der Waals surface area contributed by atoms with Crippen LogP contribution in [0.4, 0.5) is 0 Å². The van der Waals surface area contributed by atoms with Gasteiger partial charge in [0.1, 0.15) is 0 Å². The molecule has 2 aliphatic rings. The van der Waals surface area contributed by atoms with Crippen molar-refractivity contribution in [3.8, 4) is 0 Å². The highest BCUT2D eigenvalue weighted by molar-refractivity contribution is 7.90. The lowest BCUT2D eigenvalue weighted by molar-refractivity contribution is 0.0853. The third-order valence-electron chi connectivity index (χ3n) is 5.20. The van der Waals surface area contributed by atoms with E-state index in [1.54, 1.807) is 0 Å². The molecule has 1 aromatic carbocycles. The molecule has 5 nitrogen and oxygen atoms in total. The molecule has 0 bridgehead atoms. The maximum Gasteiger partial charge on any atom is 0.215 e. The molecule has 4 rings (SSSR count). The molecule has 2 N–H and O–H groups in total. The molecule has 1 aliphatic carbocycles. The second-order valence-corrected chi connectivity index (χ2v) is 9.01. The van der Waals surface area contributed by atoms with Crippen molar-refractivity contribution in [3.63, 3.8) is 0 Å². The highest BCUT2D eigenvalue weighted by Gasteiger charge is 2.36. The van der Waals surface area contributed by atoms with Crippen LogP contribution >= 0.6 is 0 Å². The Morgan fingerprint density at radius 1 is 1.21 bits per heavy atom. The molecule has 2 heterocycles. The largest absolute Gasteiger partial charge is 0.381 e. The summed E-state index contributed by atoms with van der Waals surface area (Å²) in [6.45, 7) is 3.58. The molecule has 1 unspecified atom stereocenters. The second-order valence-electron chi connectivity index (χ2n) is 7.02. The fourth-order valence-corrected chi connectivity index (χ4v) is 5.16. The van der Waals surface area contributed by atoms with Gasteiger partial charge in [0.15, 0.2) is 0 Å². The Balaban J connectivity index is 1.58. The van der Waals surface area contributed by atoms with Crippen LogP contribution in [0.3, 0.4) is 0 Å². The molecule has 0 spiro atoms. The molecule has 2 aromatic rings. The van der Waals surface area contributed by atoms with E-state index in [1.807, 2.05) is 13.1 Å². The Bertz CT molecular complexity index is 833. The van der Waals surface area contributed by atoms with Crippen LogP contribution in [0.1, 0.15) is 55.7 Å². The third kappa shape index (κ3) is 3.10. The van der Waals surface area contributed by atoms with Crippen molar-refractivity contribution in [1.29, 1.82) is 0 Å². The molecule has 24 heavy (non-hydrogen) atoms. The topological polar surface area (TPSA) is 71.2 Å². The lowest BCUT2D eigenvalue weighted by Gasteiger charge is -2.22. The van der Waals surface area contributed by atoms with Gasteiger partial charge in [-0.25, -0.2) is 13.1 Å². The summed E-state index contributed by atoms with van der Waals surface area (Å²) >= 11 is 0. The maximum atomic E-state index is 12.2.